The van der Waals surface area contributed by atoms with Crippen LogP contribution in [0.4, 0.5) is 22.0 Å². The molecule has 0 heterocycles. The van der Waals surface area contributed by atoms with Crippen molar-refractivity contribution in [3.8, 4) is 23.8 Å². The SMILES string of the molecule is C#CCCCCCCOc1ccc(OC/C(C)=C/COCC=C)cc1C(=O)OCc1c(F)c(F)c(F)c(F)c1F. The van der Waals surface area contributed by atoms with Crippen LogP contribution in [0.25, 0.3) is 0 Å². The van der Waals surface area contributed by atoms with Crippen molar-refractivity contribution >= 4 is 5.97 Å². The van der Waals surface area contributed by atoms with Gasteiger partial charge in [0.1, 0.15) is 30.3 Å². The van der Waals surface area contributed by atoms with E-state index in [2.05, 4.69) is 12.5 Å². The van der Waals surface area contributed by atoms with Gasteiger partial charge < -0.3 is 18.9 Å². The van der Waals surface area contributed by atoms with Crippen LogP contribution in [0.15, 0.2) is 42.5 Å². The van der Waals surface area contributed by atoms with E-state index in [4.69, 9.17) is 25.4 Å². The Labute approximate surface area is 230 Å². The monoisotopic (exact) mass is 566 g/mol. The van der Waals surface area contributed by atoms with Gasteiger partial charge in [-0.15, -0.1) is 18.9 Å². The molecule has 0 amide bonds. The molecular weight excluding hydrogens is 535 g/mol. The number of halogens is 5. The van der Waals surface area contributed by atoms with E-state index in [0.717, 1.165) is 24.8 Å². The zero-order chi connectivity index (χ0) is 29.5. The van der Waals surface area contributed by atoms with Gasteiger partial charge in [-0.2, -0.15) is 0 Å². The molecule has 0 aliphatic rings. The second-order valence-electron chi connectivity index (χ2n) is 8.66. The van der Waals surface area contributed by atoms with E-state index in [-0.39, 0.29) is 30.3 Å². The van der Waals surface area contributed by atoms with Crippen LogP contribution in [0.2, 0.25) is 0 Å². The molecule has 0 aromatic heterocycles. The summed E-state index contributed by atoms with van der Waals surface area (Å²) in [7, 11) is 0. The second-order valence-corrected chi connectivity index (χ2v) is 8.66. The molecule has 10 heteroatoms. The highest BCUT2D eigenvalue weighted by Crippen LogP contribution is 2.28. The molecule has 40 heavy (non-hydrogen) atoms. The maximum absolute atomic E-state index is 14.0. The van der Waals surface area contributed by atoms with E-state index in [1.165, 1.54) is 12.1 Å². The van der Waals surface area contributed by atoms with Crippen LogP contribution in [0.5, 0.6) is 11.5 Å². The van der Waals surface area contributed by atoms with Crippen LogP contribution >= 0.6 is 0 Å². The largest absolute Gasteiger partial charge is 0.493 e. The number of terminal acetylenes is 1. The summed E-state index contributed by atoms with van der Waals surface area (Å²) in [5.41, 5.74) is -0.583. The van der Waals surface area contributed by atoms with E-state index in [9.17, 15) is 26.7 Å². The predicted molar refractivity (Wildman–Crippen MR) is 139 cm³/mol. The van der Waals surface area contributed by atoms with Crippen molar-refractivity contribution in [3.05, 3.63) is 82.7 Å². The molecule has 216 valence electrons. The van der Waals surface area contributed by atoms with Gasteiger partial charge in [-0.3, -0.25) is 0 Å². The lowest BCUT2D eigenvalue weighted by atomic mass is 10.1. The zero-order valence-electron chi connectivity index (χ0n) is 22.2. The Morgan fingerprint density at radius 2 is 1.62 bits per heavy atom. The maximum Gasteiger partial charge on any atom is 0.342 e. The van der Waals surface area contributed by atoms with E-state index in [1.54, 1.807) is 12.1 Å². The zero-order valence-corrected chi connectivity index (χ0v) is 22.2. The minimum absolute atomic E-state index is 0.100. The number of carbonyl (C=O) groups excluding carboxylic acids is 1. The first kappa shape index (κ1) is 32.4. The van der Waals surface area contributed by atoms with E-state index >= 15 is 0 Å². The average molecular weight is 567 g/mol. The Bertz CT molecular complexity index is 1210. The third-order valence-electron chi connectivity index (χ3n) is 5.54. The fourth-order valence-electron chi connectivity index (χ4n) is 3.35. The molecule has 2 aromatic carbocycles. The molecular formula is C30H31F5O5. The molecule has 0 saturated heterocycles. The number of benzene rings is 2. The number of hydrogen-bond acceptors (Lipinski definition) is 5. The van der Waals surface area contributed by atoms with Gasteiger partial charge in [0.2, 0.25) is 5.82 Å². The number of hydrogen-bond donors (Lipinski definition) is 0. The molecule has 0 radical (unpaired) electrons. The Morgan fingerprint density at radius 3 is 2.30 bits per heavy atom. The summed E-state index contributed by atoms with van der Waals surface area (Å²) in [5.74, 6) is -8.92. The van der Waals surface area contributed by atoms with Crippen molar-refractivity contribution in [3.63, 3.8) is 0 Å². The molecule has 0 bridgehead atoms. The standard InChI is InChI=1S/C30H31F5O5/c1-4-6-7-8-9-10-15-38-24-12-11-21(39-18-20(3)13-16-37-14-5-2)17-22(24)30(36)40-19-23-25(31)27(33)29(35)28(34)26(23)32/h1,5,11-13,17H,2,6-10,14-16,18-19H2,3H3/b20-13+. The molecule has 0 saturated carbocycles. The minimum atomic E-state index is -2.30. The maximum atomic E-state index is 14.0. The quantitative estimate of drug-likeness (QED) is 0.0385. The number of rotatable bonds is 17. The van der Waals surface area contributed by atoms with Crippen LogP contribution in [0, 0.1) is 41.4 Å². The lowest BCUT2D eigenvalue weighted by molar-refractivity contribution is 0.0457. The van der Waals surface area contributed by atoms with Crippen molar-refractivity contribution in [1.82, 2.24) is 0 Å². The first-order valence-electron chi connectivity index (χ1n) is 12.6. The summed E-state index contributed by atoms with van der Waals surface area (Å²) in [6, 6.07) is 4.34. The highest BCUT2D eigenvalue weighted by molar-refractivity contribution is 5.93. The number of carbonyl (C=O) groups is 1. The molecule has 0 unspecified atom stereocenters. The van der Waals surface area contributed by atoms with Crippen LogP contribution in [0.3, 0.4) is 0 Å². The van der Waals surface area contributed by atoms with Crippen LogP contribution in [-0.4, -0.2) is 32.4 Å². The Kier molecular flexibility index (Phi) is 13.7. The first-order chi connectivity index (χ1) is 19.2. The minimum Gasteiger partial charge on any atom is -0.493 e. The highest BCUT2D eigenvalue weighted by Gasteiger charge is 2.27. The van der Waals surface area contributed by atoms with E-state index in [0.29, 0.717) is 26.1 Å². The van der Waals surface area contributed by atoms with E-state index in [1.807, 2.05) is 13.0 Å². The lowest BCUT2D eigenvalue weighted by Crippen LogP contribution is -2.13. The predicted octanol–water partition coefficient (Wildman–Crippen LogP) is 7.23. The topological polar surface area (TPSA) is 54.0 Å². The smallest absolute Gasteiger partial charge is 0.342 e. The van der Waals surface area contributed by atoms with Gasteiger partial charge in [-0.1, -0.05) is 25.0 Å². The van der Waals surface area contributed by atoms with Crippen LogP contribution in [-0.2, 0) is 16.1 Å². The third-order valence-corrected chi connectivity index (χ3v) is 5.54. The summed E-state index contributed by atoms with van der Waals surface area (Å²) in [6.45, 7) is 5.34. The van der Waals surface area contributed by atoms with Crippen molar-refractivity contribution in [2.24, 2.45) is 0 Å². The molecule has 0 aliphatic heterocycles. The van der Waals surface area contributed by atoms with Crippen LogP contribution < -0.4 is 9.47 Å². The Balaban J connectivity index is 2.16. The highest BCUT2D eigenvalue weighted by atomic mass is 19.2. The molecule has 2 aromatic rings. The molecule has 0 aliphatic carbocycles. The van der Waals surface area contributed by atoms with Gasteiger partial charge in [0.15, 0.2) is 23.3 Å². The second kappa shape index (κ2) is 17.0. The summed E-state index contributed by atoms with van der Waals surface area (Å²) >= 11 is 0. The fraction of sp³-hybridized carbons (Fsp3) is 0.367. The molecule has 2 rings (SSSR count). The Hall–Kier alpha value is -3.84. The molecule has 0 atom stereocenters. The van der Waals surface area contributed by atoms with E-state index < -0.39 is 47.2 Å². The lowest BCUT2D eigenvalue weighted by Gasteiger charge is -2.14. The van der Waals surface area contributed by atoms with Crippen molar-refractivity contribution < 1.29 is 45.7 Å². The first-order valence-corrected chi connectivity index (χ1v) is 12.6. The molecule has 5 nitrogen and oxygen atoms in total. The van der Waals surface area contributed by atoms with Gasteiger partial charge in [-0.05, 0) is 43.5 Å². The van der Waals surface area contributed by atoms with Gasteiger partial charge in [0.25, 0.3) is 0 Å². The summed E-state index contributed by atoms with van der Waals surface area (Å²) < 4.78 is 90.1. The van der Waals surface area contributed by atoms with Gasteiger partial charge in [0.05, 0.1) is 25.4 Å². The molecule has 0 N–H and O–H groups in total. The molecule has 0 spiro atoms. The third kappa shape index (κ3) is 9.72. The van der Waals surface area contributed by atoms with Crippen LogP contribution in [0.1, 0.15) is 54.9 Å². The summed E-state index contributed by atoms with van der Waals surface area (Å²) in [6.07, 6.45) is 12.6. The average Bonchev–Trinajstić information content (AvgIpc) is 2.95. The van der Waals surface area contributed by atoms with Crippen molar-refractivity contribution in [2.75, 3.05) is 26.4 Å². The number of esters is 1. The summed E-state index contributed by atoms with van der Waals surface area (Å²) in [4.78, 5) is 12.9. The van der Waals surface area contributed by atoms with Gasteiger partial charge in [0, 0.05) is 6.42 Å². The number of unbranched alkanes of at least 4 members (excludes halogenated alkanes) is 4. The molecule has 0 fully saturated rings. The number of ether oxygens (including phenoxy) is 4. The fourth-order valence-corrected chi connectivity index (χ4v) is 3.35. The van der Waals surface area contributed by atoms with Crippen molar-refractivity contribution in [1.29, 1.82) is 0 Å². The normalized spacial score (nSPS) is 11.2. The van der Waals surface area contributed by atoms with Gasteiger partial charge in [-0.25, -0.2) is 26.7 Å². The van der Waals surface area contributed by atoms with Gasteiger partial charge >= 0.3 is 5.97 Å². The van der Waals surface area contributed by atoms with Crippen molar-refractivity contribution in [2.45, 2.75) is 45.6 Å². The summed E-state index contributed by atoms with van der Waals surface area (Å²) in [5, 5.41) is 0. The Morgan fingerprint density at radius 1 is 0.950 bits per heavy atom.